The van der Waals surface area contributed by atoms with Crippen molar-refractivity contribution < 1.29 is 18.0 Å². The minimum Gasteiger partial charge on any atom is -0.352 e. The van der Waals surface area contributed by atoms with Gasteiger partial charge in [-0.3, -0.25) is 14.5 Å². The van der Waals surface area contributed by atoms with Gasteiger partial charge in [-0.1, -0.05) is 16.1 Å². The Hall–Kier alpha value is -2.31. The fourth-order valence-electron chi connectivity index (χ4n) is 3.31. The molecule has 12 heteroatoms. The minimum absolute atomic E-state index is 0.0190. The molecule has 1 N–H and O–H groups in total. The number of nitrogens with one attached hydrogen (secondary N) is 1. The molecule has 10 nitrogen and oxygen atoms in total. The molecule has 3 rings (SSSR count). The van der Waals surface area contributed by atoms with Gasteiger partial charge in [0.15, 0.2) is 0 Å². The van der Waals surface area contributed by atoms with Crippen LogP contribution in [0.5, 0.6) is 0 Å². The number of halogens is 1. The molecule has 0 atom stereocenters. The summed E-state index contributed by atoms with van der Waals surface area (Å²) < 4.78 is 25.6. The van der Waals surface area contributed by atoms with Gasteiger partial charge in [0.25, 0.3) is 15.9 Å². The van der Waals surface area contributed by atoms with Crippen LogP contribution in [0, 0.1) is 0 Å². The summed E-state index contributed by atoms with van der Waals surface area (Å²) in [5.41, 5.74) is 0.217. The molecule has 1 aliphatic heterocycles. The maximum Gasteiger partial charge on any atom is 0.266 e. The van der Waals surface area contributed by atoms with Gasteiger partial charge in [-0.25, -0.2) is 18.4 Å². The Morgan fingerprint density at radius 3 is 2.56 bits per heavy atom. The maximum absolute atomic E-state index is 12.5. The summed E-state index contributed by atoms with van der Waals surface area (Å²) in [5.74, 6) is 0.393. The van der Waals surface area contributed by atoms with Gasteiger partial charge >= 0.3 is 0 Å². The summed E-state index contributed by atoms with van der Waals surface area (Å²) in [6.07, 6.45) is 4.26. The van der Waals surface area contributed by atoms with E-state index in [1.165, 1.54) is 32.4 Å². The standard InChI is InChI=1S/C20H27ClN6O4S/c1-25(31-2)32(29,30)18-15-16(5-6-17(18)21)19(28)22-9-4-10-26-11-13-27(14-12-26)20-23-7-3-8-24-20/h3,5-8,15H,4,9-14H2,1-2H3,(H,22,28). The van der Waals surface area contributed by atoms with Crippen LogP contribution in [0.1, 0.15) is 16.8 Å². The first-order valence-corrected chi connectivity index (χ1v) is 12.0. The van der Waals surface area contributed by atoms with Gasteiger partial charge in [-0.05, 0) is 37.2 Å². The molecular formula is C20H27ClN6O4S. The van der Waals surface area contributed by atoms with Crippen LogP contribution in [-0.2, 0) is 14.9 Å². The van der Waals surface area contributed by atoms with E-state index in [9.17, 15) is 13.2 Å². The molecule has 2 aromatic rings. The van der Waals surface area contributed by atoms with Crippen LogP contribution in [0.4, 0.5) is 5.95 Å². The predicted molar refractivity (Wildman–Crippen MR) is 121 cm³/mol. The molecular weight excluding hydrogens is 456 g/mol. The summed E-state index contributed by atoms with van der Waals surface area (Å²) in [7, 11) is -1.47. The van der Waals surface area contributed by atoms with Crippen LogP contribution in [0.15, 0.2) is 41.6 Å². The summed E-state index contributed by atoms with van der Waals surface area (Å²) in [6, 6.07) is 5.94. The summed E-state index contributed by atoms with van der Waals surface area (Å²) >= 11 is 6.04. The molecule has 1 aliphatic rings. The first kappa shape index (κ1) is 24.3. The molecule has 32 heavy (non-hydrogen) atoms. The van der Waals surface area contributed by atoms with E-state index >= 15 is 0 Å². The van der Waals surface area contributed by atoms with Crippen LogP contribution in [0.25, 0.3) is 0 Å². The van der Waals surface area contributed by atoms with Crippen molar-refractivity contribution in [2.45, 2.75) is 11.3 Å². The number of aromatic nitrogens is 2. The monoisotopic (exact) mass is 482 g/mol. The lowest BCUT2D eigenvalue weighted by atomic mass is 10.2. The van der Waals surface area contributed by atoms with Crippen molar-refractivity contribution in [1.29, 1.82) is 0 Å². The van der Waals surface area contributed by atoms with Crippen molar-refractivity contribution in [3.63, 3.8) is 0 Å². The van der Waals surface area contributed by atoms with E-state index in [-0.39, 0.29) is 21.4 Å². The van der Waals surface area contributed by atoms with E-state index in [4.69, 9.17) is 16.4 Å². The third-order valence-corrected chi connectivity index (χ3v) is 7.37. The number of nitrogens with zero attached hydrogens (tertiary/aromatic N) is 5. The van der Waals surface area contributed by atoms with Gasteiger partial charge in [-0.2, -0.15) is 0 Å². The summed E-state index contributed by atoms with van der Waals surface area (Å²) in [5, 5.41) is 2.85. The first-order valence-electron chi connectivity index (χ1n) is 10.2. The van der Waals surface area contributed by atoms with Crippen molar-refractivity contribution in [2.75, 3.05) is 58.3 Å². The third-order valence-electron chi connectivity index (χ3n) is 5.21. The van der Waals surface area contributed by atoms with E-state index in [0.717, 1.165) is 45.1 Å². The van der Waals surface area contributed by atoms with E-state index in [0.29, 0.717) is 11.0 Å². The van der Waals surface area contributed by atoms with Crippen molar-refractivity contribution >= 4 is 33.5 Å². The zero-order chi connectivity index (χ0) is 23.1. The Morgan fingerprint density at radius 2 is 1.91 bits per heavy atom. The van der Waals surface area contributed by atoms with Gasteiger partial charge in [0.2, 0.25) is 5.95 Å². The molecule has 0 aliphatic carbocycles. The van der Waals surface area contributed by atoms with Gasteiger partial charge in [0.05, 0.1) is 12.1 Å². The number of piperazine rings is 1. The van der Waals surface area contributed by atoms with Crippen LogP contribution in [0.2, 0.25) is 5.02 Å². The Balaban J connectivity index is 1.46. The van der Waals surface area contributed by atoms with E-state index < -0.39 is 10.0 Å². The number of rotatable bonds is 9. The molecule has 1 aromatic heterocycles. The number of benzene rings is 1. The Labute approximate surface area is 193 Å². The van der Waals surface area contributed by atoms with Gasteiger partial charge < -0.3 is 10.2 Å². The first-order chi connectivity index (χ1) is 15.3. The quantitative estimate of drug-likeness (QED) is 0.420. The highest BCUT2D eigenvalue weighted by atomic mass is 35.5. The number of anilines is 1. The van der Waals surface area contributed by atoms with E-state index in [2.05, 4.69) is 25.1 Å². The molecule has 2 heterocycles. The molecule has 0 saturated carbocycles. The smallest absolute Gasteiger partial charge is 0.266 e. The molecule has 1 fully saturated rings. The molecule has 0 bridgehead atoms. The highest BCUT2D eigenvalue weighted by molar-refractivity contribution is 7.89. The second-order valence-electron chi connectivity index (χ2n) is 7.23. The molecule has 0 spiro atoms. The normalized spacial score (nSPS) is 15.2. The summed E-state index contributed by atoms with van der Waals surface area (Å²) in [4.78, 5) is 30.1. The lowest BCUT2D eigenvalue weighted by Gasteiger charge is -2.34. The lowest BCUT2D eigenvalue weighted by Crippen LogP contribution is -2.47. The minimum atomic E-state index is -3.96. The Kier molecular flexibility index (Phi) is 8.38. The maximum atomic E-state index is 12.5. The van der Waals surface area contributed by atoms with Crippen LogP contribution in [0.3, 0.4) is 0 Å². The van der Waals surface area contributed by atoms with E-state index in [1.54, 1.807) is 18.5 Å². The highest BCUT2D eigenvalue weighted by Gasteiger charge is 2.25. The van der Waals surface area contributed by atoms with Gasteiger partial charge in [-0.15, -0.1) is 0 Å². The van der Waals surface area contributed by atoms with E-state index in [1.807, 2.05) is 0 Å². The van der Waals surface area contributed by atoms with Gasteiger partial charge in [0.1, 0.15) is 4.90 Å². The van der Waals surface area contributed by atoms with Crippen LogP contribution >= 0.6 is 11.6 Å². The largest absolute Gasteiger partial charge is 0.352 e. The molecule has 0 unspecified atom stereocenters. The van der Waals surface area contributed by atoms with Crippen LogP contribution < -0.4 is 10.2 Å². The number of hydrogen-bond donors (Lipinski definition) is 1. The number of hydrogen-bond acceptors (Lipinski definition) is 8. The van der Waals surface area contributed by atoms with Gasteiger partial charge in [0, 0.05) is 57.7 Å². The Morgan fingerprint density at radius 1 is 1.22 bits per heavy atom. The molecule has 1 saturated heterocycles. The molecule has 1 aromatic carbocycles. The third kappa shape index (κ3) is 5.93. The molecule has 0 radical (unpaired) electrons. The second-order valence-corrected chi connectivity index (χ2v) is 9.54. The van der Waals surface area contributed by atoms with Crippen molar-refractivity contribution in [3.8, 4) is 0 Å². The lowest BCUT2D eigenvalue weighted by molar-refractivity contribution is -0.0258. The molecule has 174 valence electrons. The van der Waals surface area contributed by atoms with Crippen molar-refractivity contribution in [3.05, 3.63) is 47.2 Å². The average Bonchev–Trinajstić information content (AvgIpc) is 2.82. The number of carbonyl (C=O) groups excluding carboxylic acids is 1. The number of hydroxylamine groups is 1. The van der Waals surface area contributed by atoms with Crippen molar-refractivity contribution in [2.24, 2.45) is 0 Å². The average molecular weight is 483 g/mol. The van der Waals surface area contributed by atoms with Crippen molar-refractivity contribution in [1.82, 2.24) is 24.7 Å². The number of sulfonamides is 1. The number of carbonyl (C=O) groups is 1. The zero-order valence-electron chi connectivity index (χ0n) is 18.1. The molecule has 1 amide bonds. The topological polar surface area (TPSA) is 108 Å². The fraction of sp³-hybridized carbons (Fsp3) is 0.450. The zero-order valence-corrected chi connectivity index (χ0v) is 19.6. The predicted octanol–water partition coefficient (Wildman–Crippen LogP) is 1.25. The second kappa shape index (κ2) is 11.0. The van der Waals surface area contributed by atoms with Crippen LogP contribution in [-0.4, -0.2) is 87.1 Å². The highest BCUT2D eigenvalue weighted by Crippen LogP contribution is 2.25. The summed E-state index contributed by atoms with van der Waals surface area (Å²) in [6.45, 7) is 4.84. The number of amides is 1. The SMILES string of the molecule is CON(C)S(=O)(=O)c1cc(C(=O)NCCCN2CCN(c3ncccn3)CC2)ccc1Cl. The fourth-order valence-corrected chi connectivity index (χ4v) is 4.79. The Bertz CT molecular complexity index is 1020.